The van der Waals surface area contributed by atoms with Crippen LogP contribution < -0.4 is 9.52 Å². The second-order valence-corrected chi connectivity index (χ2v) is 10.9. The van der Waals surface area contributed by atoms with Crippen LogP contribution in [0.25, 0.3) is 10.2 Å². The molecule has 3 aromatic carbocycles. The summed E-state index contributed by atoms with van der Waals surface area (Å²) < 4.78 is 48.7. The minimum Gasteiger partial charge on any atom is -0.467 e. The molecule has 0 fully saturated rings. The van der Waals surface area contributed by atoms with Crippen LogP contribution in [0.1, 0.15) is 35.3 Å². The number of fused-ring (bicyclic) bond motifs is 1. The Kier molecular flexibility index (Phi) is 7.55. The van der Waals surface area contributed by atoms with Gasteiger partial charge in [0.15, 0.2) is 4.80 Å². The summed E-state index contributed by atoms with van der Waals surface area (Å²) in [6, 6.07) is 15.4. The van der Waals surface area contributed by atoms with E-state index in [1.165, 1.54) is 30.6 Å². The van der Waals surface area contributed by atoms with Crippen molar-refractivity contribution >= 4 is 49.1 Å². The van der Waals surface area contributed by atoms with E-state index in [4.69, 9.17) is 4.74 Å². The maximum Gasteiger partial charge on any atom is 0.328 e. The molecule has 192 valence electrons. The molecule has 37 heavy (non-hydrogen) atoms. The summed E-state index contributed by atoms with van der Waals surface area (Å²) in [5.41, 5.74) is 2.12. The van der Waals surface area contributed by atoms with Crippen LogP contribution in [-0.4, -0.2) is 32.0 Å². The molecule has 0 spiro atoms. The Balaban J connectivity index is 1.84. The van der Waals surface area contributed by atoms with Gasteiger partial charge in [-0.1, -0.05) is 36.0 Å². The second-order valence-electron chi connectivity index (χ2n) is 8.23. The number of hydrogen-bond donors (Lipinski definition) is 1. The van der Waals surface area contributed by atoms with Crippen LogP contribution in [0.15, 0.2) is 76.6 Å². The smallest absolute Gasteiger partial charge is 0.328 e. The Hall–Kier alpha value is -3.83. The molecular weight excluding hydrogens is 517 g/mol. The summed E-state index contributed by atoms with van der Waals surface area (Å²) in [4.78, 5) is 30.1. The van der Waals surface area contributed by atoms with Crippen molar-refractivity contribution in [2.45, 2.75) is 31.2 Å². The molecule has 1 heterocycles. The number of aryl methyl sites for hydroxylation is 1. The van der Waals surface area contributed by atoms with Gasteiger partial charge in [0, 0.05) is 5.56 Å². The quantitative estimate of drug-likeness (QED) is 0.338. The van der Waals surface area contributed by atoms with E-state index in [1.54, 1.807) is 41.8 Å². The number of amides is 1. The number of benzene rings is 3. The summed E-state index contributed by atoms with van der Waals surface area (Å²) in [6.07, 6.45) is 0.343. The standard InChI is InChI=1S/C26H24FN3O5S2/c1-4-21(25(32)35-3)30-22-15-19(29-37(33,34)20-12-9-18(27)10-13-20)11-14-23(22)36-26(30)28-24(31)17-7-5-16(2)6-8-17/h5-15,21,29H,4H2,1-3H3. The maximum atomic E-state index is 13.3. The van der Waals surface area contributed by atoms with Gasteiger partial charge in [0.05, 0.1) is 27.9 Å². The van der Waals surface area contributed by atoms with E-state index in [9.17, 15) is 22.4 Å². The van der Waals surface area contributed by atoms with Crippen molar-refractivity contribution in [3.05, 3.63) is 88.5 Å². The number of esters is 1. The van der Waals surface area contributed by atoms with Crippen molar-refractivity contribution in [1.82, 2.24) is 4.57 Å². The topological polar surface area (TPSA) is 107 Å². The number of aromatic nitrogens is 1. The molecule has 4 rings (SSSR count). The molecule has 0 saturated heterocycles. The zero-order chi connectivity index (χ0) is 26.7. The third kappa shape index (κ3) is 5.62. The maximum absolute atomic E-state index is 13.3. The highest BCUT2D eigenvalue weighted by Gasteiger charge is 2.24. The summed E-state index contributed by atoms with van der Waals surface area (Å²) in [5, 5.41) is 0. The molecule has 0 radical (unpaired) electrons. The summed E-state index contributed by atoms with van der Waals surface area (Å²) in [7, 11) is -2.73. The van der Waals surface area contributed by atoms with Gasteiger partial charge in [0.25, 0.3) is 15.9 Å². The van der Waals surface area contributed by atoms with Crippen molar-refractivity contribution in [2.75, 3.05) is 11.8 Å². The predicted octanol–water partition coefficient (Wildman–Crippen LogP) is 4.82. The molecule has 11 heteroatoms. The monoisotopic (exact) mass is 541 g/mol. The highest BCUT2D eigenvalue weighted by atomic mass is 32.2. The van der Waals surface area contributed by atoms with Crippen LogP contribution in [0.5, 0.6) is 0 Å². The van der Waals surface area contributed by atoms with Gasteiger partial charge in [-0.3, -0.25) is 9.52 Å². The Morgan fingerprint density at radius 2 is 1.76 bits per heavy atom. The minimum absolute atomic E-state index is 0.104. The van der Waals surface area contributed by atoms with Crippen molar-refractivity contribution in [1.29, 1.82) is 0 Å². The third-order valence-electron chi connectivity index (χ3n) is 5.67. The SMILES string of the molecule is CCC(C(=O)OC)n1c(=NC(=O)c2ccc(C)cc2)sc2ccc(NS(=O)(=O)c3ccc(F)cc3)cc21. The predicted molar refractivity (Wildman–Crippen MR) is 139 cm³/mol. The number of rotatable bonds is 7. The Morgan fingerprint density at radius 1 is 1.08 bits per heavy atom. The van der Waals surface area contributed by atoms with Crippen molar-refractivity contribution in [2.24, 2.45) is 4.99 Å². The van der Waals surface area contributed by atoms with E-state index in [1.807, 2.05) is 19.1 Å². The van der Waals surface area contributed by atoms with Gasteiger partial charge in [0.1, 0.15) is 11.9 Å². The molecule has 4 aromatic rings. The Bertz CT molecular complexity index is 1640. The van der Waals surface area contributed by atoms with E-state index >= 15 is 0 Å². The lowest BCUT2D eigenvalue weighted by Crippen LogP contribution is -2.28. The number of sulfonamides is 1. The van der Waals surface area contributed by atoms with Crippen LogP contribution in [0.4, 0.5) is 10.1 Å². The average molecular weight is 542 g/mol. The zero-order valence-corrected chi connectivity index (χ0v) is 21.9. The van der Waals surface area contributed by atoms with Crippen LogP contribution in [-0.2, 0) is 19.6 Å². The molecule has 0 aliphatic carbocycles. The largest absolute Gasteiger partial charge is 0.467 e. The number of carbonyl (C=O) groups is 2. The van der Waals surface area contributed by atoms with E-state index in [-0.39, 0.29) is 15.4 Å². The number of nitrogens with one attached hydrogen (secondary N) is 1. The fourth-order valence-corrected chi connectivity index (χ4v) is 5.85. The van der Waals surface area contributed by atoms with Gasteiger partial charge < -0.3 is 9.30 Å². The number of ether oxygens (including phenoxy) is 1. The number of hydrogen-bond acceptors (Lipinski definition) is 6. The number of halogens is 1. The molecule has 1 N–H and O–H groups in total. The lowest BCUT2D eigenvalue weighted by molar-refractivity contribution is -0.144. The molecule has 1 amide bonds. The molecule has 0 saturated carbocycles. The molecule has 0 aliphatic heterocycles. The molecule has 0 aliphatic rings. The van der Waals surface area contributed by atoms with Gasteiger partial charge in [-0.2, -0.15) is 4.99 Å². The molecular formula is C26H24FN3O5S2. The van der Waals surface area contributed by atoms with Crippen LogP contribution in [0.2, 0.25) is 0 Å². The van der Waals surface area contributed by atoms with E-state index in [2.05, 4.69) is 9.71 Å². The summed E-state index contributed by atoms with van der Waals surface area (Å²) in [5.74, 6) is -1.55. The number of carbonyl (C=O) groups excluding carboxylic acids is 2. The van der Waals surface area contributed by atoms with Gasteiger partial charge in [-0.15, -0.1) is 0 Å². The van der Waals surface area contributed by atoms with Crippen LogP contribution >= 0.6 is 11.3 Å². The van der Waals surface area contributed by atoms with Gasteiger partial charge in [-0.25, -0.2) is 17.6 Å². The van der Waals surface area contributed by atoms with Gasteiger partial charge in [-0.05, 0) is 67.9 Å². The van der Waals surface area contributed by atoms with Crippen molar-refractivity contribution < 1.29 is 27.1 Å². The number of nitrogens with zero attached hydrogens (tertiary/aromatic N) is 2. The molecule has 1 unspecified atom stereocenters. The first-order chi connectivity index (χ1) is 17.6. The Labute approximate surface area is 217 Å². The summed E-state index contributed by atoms with van der Waals surface area (Å²) >= 11 is 1.20. The average Bonchev–Trinajstić information content (AvgIpc) is 3.21. The normalized spacial score (nSPS) is 12.9. The second kappa shape index (κ2) is 10.7. The van der Waals surface area contributed by atoms with E-state index in [0.717, 1.165) is 17.7 Å². The Morgan fingerprint density at radius 3 is 2.38 bits per heavy atom. The zero-order valence-electron chi connectivity index (χ0n) is 20.3. The van der Waals surface area contributed by atoms with Gasteiger partial charge >= 0.3 is 5.97 Å². The fraction of sp³-hybridized carbons (Fsp3) is 0.192. The van der Waals surface area contributed by atoms with Crippen molar-refractivity contribution in [3.8, 4) is 0 Å². The molecule has 1 atom stereocenters. The van der Waals surface area contributed by atoms with Crippen LogP contribution in [0.3, 0.4) is 0 Å². The molecule has 1 aromatic heterocycles. The van der Waals surface area contributed by atoms with E-state index < -0.39 is 33.8 Å². The van der Waals surface area contributed by atoms with E-state index in [0.29, 0.717) is 22.2 Å². The first-order valence-corrected chi connectivity index (χ1v) is 13.6. The first kappa shape index (κ1) is 26.2. The highest BCUT2D eigenvalue weighted by Crippen LogP contribution is 2.27. The number of thiazole rings is 1. The number of methoxy groups -OCH3 is 1. The third-order valence-corrected chi connectivity index (χ3v) is 8.10. The highest BCUT2D eigenvalue weighted by molar-refractivity contribution is 7.92. The minimum atomic E-state index is -4.00. The first-order valence-electron chi connectivity index (χ1n) is 11.3. The lowest BCUT2D eigenvalue weighted by atomic mass is 10.1. The van der Waals surface area contributed by atoms with Gasteiger partial charge in [0.2, 0.25) is 0 Å². The lowest BCUT2D eigenvalue weighted by Gasteiger charge is -2.16. The fourth-order valence-electron chi connectivity index (χ4n) is 3.75. The molecule has 8 nitrogen and oxygen atoms in total. The van der Waals surface area contributed by atoms with Crippen molar-refractivity contribution in [3.63, 3.8) is 0 Å². The number of anilines is 1. The summed E-state index contributed by atoms with van der Waals surface area (Å²) in [6.45, 7) is 3.71. The van der Waals surface area contributed by atoms with Crippen LogP contribution in [0, 0.1) is 12.7 Å². The molecule has 0 bridgehead atoms.